The molecule has 1 aliphatic rings. The zero-order chi connectivity index (χ0) is 16.1. The largest absolute Gasteiger partial charge is 0.497 e. The monoisotopic (exact) mass is 316 g/mol. The van der Waals surface area contributed by atoms with Crippen LogP contribution in [0.5, 0.6) is 5.75 Å². The van der Waals surface area contributed by atoms with E-state index in [0.29, 0.717) is 12.0 Å². The van der Waals surface area contributed by atoms with E-state index in [1.165, 1.54) is 5.56 Å². The first-order chi connectivity index (χ1) is 11.3. The van der Waals surface area contributed by atoms with Crippen LogP contribution in [0.2, 0.25) is 0 Å². The predicted molar refractivity (Wildman–Crippen MR) is 87.1 cm³/mol. The van der Waals surface area contributed by atoms with Crippen molar-refractivity contribution in [3.05, 3.63) is 41.7 Å². The first-order valence-electron chi connectivity index (χ1n) is 8.06. The Morgan fingerprint density at radius 2 is 2.04 bits per heavy atom. The number of aromatic nitrogens is 3. The summed E-state index contributed by atoms with van der Waals surface area (Å²) in [5.74, 6) is 1.45. The van der Waals surface area contributed by atoms with E-state index in [-0.39, 0.29) is 0 Å². The van der Waals surface area contributed by atoms with Gasteiger partial charge in [-0.1, -0.05) is 17.3 Å². The minimum absolute atomic E-state index is 0.291. The smallest absolute Gasteiger partial charge is 0.118 e. The van der Waals surface area contributed by atoms with Crippen LogP contribution in [0.3, 0.4) is 0 Å². The normalized spacial score (nSPS) is 17.1. The highest BCUT2D eigenvalue weighted by atomic mass is 16.5. The average Bonchev–Trinajstić information content (AvgIpc) is 3.02. The Hall–Kier alpha value is -1.92. The fraction of sp³-hybridized carbons (Fsp3) is 0.529. The van der Waals surface area contributed by atoms with Crippen molar-refractivity contribution in [1.82, 2.24) is 20.3 Å². The number of aryl methyl sites for hydroxylation is 1. The highest BCUT2D eigenvalue weighted by Gasteiger charge is 2.25. The number of nitrogens with zero attached hydrogens (tertiary/aromatic N) is 3. The van der Waals surface area contributed by atoms with E-state index in [4.69, 9.17) is 9.47 Å². The van der Waals surface area contributed by atoms with Crippen molar-refractivity contribution in [3.63, 3.8) is 0 Å². The van der Waals surface area contributed by atoms with Crippen molar-refractivity contribution in [2.45, 2.75) is 25.4 Å². The van der Waals surface area contributed by atoms with Crippen LogP contribution < -0.4 is 10.1 Å². The van der Waals surface area contributed by atoms with Crippen molar-refractivity contribution >= 4 is 0 Å². The molecule has 0 spiro atoms. The van der Waals surface area contributed by atoms with Crippen molar-refractivity contribution < 1.29 is 9.47 Å². The summed E-state index contributed by atoms with van der Waals surface area (Å²) in [5, 5.41) is 11.6. The van der Waals surface area contributed by atoms with E-state index in [2.05, 4.69) is 27.8 Å². The number of nitrogens with one attached hydrogen (secondary N) is 1. The van der Waals surface area contributed by atoms with Gasteiger partial charge in [-0.2, -0.15) is 0 Å². The molecule has 0 amide bonds. The molecule has 0 saturated carbocycles. The molecule has 6 nitrogen and oxygen atoms in total. The van der Waals surface area contributed by atoms with E-state index in [9.17, 15) is 0 Å². The molecule has 1 aromatic heterocycles. The lowest BCUT2D eigenvalue weighted by Crippen LogP contribution is -2.32. The van der Waals surface area contributed by atoms with Crippen molar-refractivity contribution in [2.75, 3.05) is 20.3 Å². The van der Waals surface area contributed by atoms with Gasteiger partial charge in [0.15, 0.2) is 0 Å². The van der Waals surface area contributed by atoms with Crippen LogP contribution in [0, 0.1) is 5.92 Å². The molecule has 1 atom stereocenters. The molecule has 23 heavy (non-hydrogen) atoms. The van der Waals surface area contributed by atoms with E-state index in [1.807, 2.05) is 30.1 Å². The molecule has 1 aromatic carbocycles. The molecule has 1 N–H and O–H groups in total. The number of hydrogen-bond donors (Lipinski definition) is 1. The average molecular weight is 316 g/mol. The van der Waals surface area contributed by atoms with E-state index >= 15 is 0 Å². The minimum atomic E-state index is 0.291. The van der Waals surface area contributed by atoms with Gasteiger partial charge >= 0.3 is 0 Å². The van der Waals surface area contributed by atoms with Gasteiger partial charge < -0.3 is 14.8 Å². The van der Waals surface area contributed by atoms with Crippen molar-refractivity contribution in [3.8, 4) is 5.75 Å². The first kappa shape index (κ1) is 16.0. The molecule has 1 unspecified atom stereocenters. The number of rotatable bonds is 6. The highest BCUT2D eigenvalue weighted by Crippen LogP contribution is 2.31. The third-order valence-electron chi connectivity index (χ3n) is 4.52. The number of ether oxygens (including phenoxy) is 2. The molecule has 124 valence electrons. The van der Waals surface area contributed by atoms with Gasteiger partial charge in [-0.3, -0.25) is 4.68 Å². The molecule has 1 aliphatic heterocycles. The van der Waals surface area contributed by atoms with E-state index < -0.39 is 0 Å². The van der Waals surface area contributed by atoms with Gasteiger partial charge in [0.2, 0.25) is 0 Å². The topological polar surface area (TPSA) is 61.2 Å². The van der Waals surface area contributed by atoms with Crippen molar-refractivity contribution in [2.24, 2.45) is 13.0 Å². The van der Waals surface area contributed by atoms with Gasteiger partial charge in [-0.25, -0.2) is 0 Å². The van der Waals surface area contributed by atoms with Crippen LogP contribution in [-0.2, 0) is 18.3 Å². The summed E-state index contributed by atoms with van der Waals surface area (Å²) in [6.45, 7) is 2.43. The zero-order valence-corrected chi connectivity index (χ0v) is 13.7. The molecule has 1 fully saturated rings. The lowest BCUT2D eigenvalue weighted by atomic mass is 9.87. The fourth-order valence-electron chi connectivity index (χ4n) is 3.10. The van der Waals surface area contributed by atoms with Crippen LogP contribution in [0.15, 0.2) is 30.5 Å². The van der Waals surface area contributed by atoms with E-state index in [1.54, 1.807) is 7.11 Å². The second-order valence-electron chi connectivity index (χ2n) is 5.93. The molecule has 0 radical (unpaired) electrons. The van der Waals surface area contributed by atoms with Gasteiger partial charge in [0.25, 0.3) is 0 Å². The Balaban J connectivity index is 1.76. The molecule has 6 heteroatoms. The Morgan fingerprint density at radius 1 is 1.30 bits per heavy atom. The van der Waals surface area contributed by atoms with Gasteiger partial charge in [0, 0.05) is 32.8 Å². The summed E-state index contributed by atoms with van der Waals surface area (Å²) in [4.78, 5) is 0. The summed E-state index contributed by atoms with van der Waals surface area (Å²) in [6.07, 6.45) is 3.96. The van der Waals surface area contributed by atoms with Gasteiger partial charge in [0.1, 0.15) is 5.75 Å². The molecule has 0 bridgehead atoms. The SMILES string of the molecule is COc1ccc(C(NCc2cnnn2C)C2CCOCC2)cc1. The number of hydrogen-bond acceptors (Lipinski definition) is 5. The molecule has 3 rings (SSSR count). The minimum Gasteiger partial charge on any atom is -0.497 e. The summed E-state index contributed by atoms with van der Waals surface area (Å²) in [7, 11) is 3.61. The van der Waals surface area contributed by atoms with Gasteiger partial charge in [-0.05, 0) is 36.5 Å². The van der Waals surface area contributed by atoms with E-state index in [0.717, 1.165) is 44.0 Å². The molecule has 2 heterocycles. The second kappa shape index (κ2) is 7.57. The lowest BCUT2D eigenvalue weighted by Gasteiger charge is -2.31. The van der Waals surface area contributed by atoms with Crippen molar-refractivity contribution in [1.29, 1.82) is 0 Å². The van der Waals surface area contributed by atoms with Crippen LogP contribution >= 0.6 is 0 Å². The highest BCUT2D eigenvalue weighted by molar-refractivity contribution is 5.29. The van der Waals surface area contributed by atoms with Crippen LogP contribution in [0.25, 0.3) is 0 Å². The second-order valence-corrected chi connectivity index (χ2v) is 5.93. The summed E-state index contributed by atoms with van der Waals surface area (Å²) < 4.78 is 12.6. The number of methoxy groups -OCH3 is 1. The predicted octanol–water partition coefficient (Wildman–Crippen LogP) is 2.08. The molecule has 2 aromatic rings. The Morgan fingerprint density at radius 3 is 2.65 bits per heavy atom. The third-order valence-corrected chi connectivity index (χ3v) is 4.52. The van der Waals surface area contributed by atoms with Crippen LogP contribution in [0.1, 0.15) is 30.1 Å². The Labute approximate surface area is 136 Å². The fourth-order valence-corrected chi connectivity index (χ4v) is 3.10. The van der Waals surface area contributed by atoms with Crippen LogP contribution in [-0.4, -0.2) is 35.3 Å². The lowest BCUT2D eigenvalue weighted by molar-refractivity contribution is 0.0532. The Kier molecular flexibility index (Phi) is 5.25. The quantitative estimate of drug-likeness (QED) is 0.884. The maximum atomic E-state index is 5.52. The summed E-state index contributed by atoms with van der Waals surface area (Å²) in [5.41, 5.74) is 2.36. The Bertz CT molecular complexity index is 605. The molecule has 0 aliphatic carbocycles. The van der Waals surface area contributed by atoms with Gasteiger partial charge in [-0.15, -0.1) is 5.10 Å². The third kappa shape index (κ3) is 3.89. The number of benzene rings is 1. The summed E-state index contributed by atoms with van der Waals surface area (Å²) >= 11 is 0. The van der Waals surface area contributed by atoms with Gasteiger partial charge in [0.05, 0.1) is 19.0 Å². The maximum absolute atomic E-state index is 5.52. The maximum Gasteiger partial charge on any atom is 0.118 e. The molecular weight excluding hydrogens is 292 g/mol. The molecule has 1 saturated heterocycles. The van der Waals surface area contributed by atoms with Crippen LogP contribution in [0.4, 0.5) is 0 Å². The molecular formula is C17H24N4O2. The summed E-state index contributed by atoms with van der Waals surface area (Å²) in [6, 6.07) is 8.63. The zero-order valence-electron chi connectivity index (χ0n) is 13.7. The standard InChI is InChI=1S/C17H24N4O2/c1-21-15(12-19-20-21)11-18-17(14-7-9-23-10-8-14)13-3-5-16(22-2)6-4-13/h3-6,12,14,17-18H,7-11H2,1-2H3. The first-order valence-corrected chi connectivity index (χ1v) is 8.06.